The molecule has 226 valence electrons. The number of oxazole rings is 1. The number of nitrogens with zero attached hydrogens (tertiary/aromatic N) is 4. The highest BCUT2D eigenvalue weighted by atomic mass is 32.2. The number of thiophene rings is 1. The highest BCUT2D eigenvalue weighted by Gasteiger charge is 2.24. The standard InChI is InChI=1S/C34H35N5O3S2/c40-31(35-25-15-17-38(18-16-25)19-23-9-3-1-4-10-23)27-21-42-29(36-27)22-43-34-37-32-30(26-13-7-8-14-28(26)44-32)33(41)39(34)20-24-11-5-2-6-12-24/h1-6,9-12,21,25H,7-8,13-20,22H2,(H,35,40). The Balaban J connectivity index is 1.02. The molecule has 7 rings (SSSR count). The first-order valence-electron chi connectivity index (χ1n) is 15.3. The van der Waals surface area contributed by atoms with Gasteiger partial charge in [-0.3, -0.25) is 19.1 Å². The fourth-order valence-corrected chi connectivity index (χ4v) is 8.33. The highest BCUT2D eigenvalue weighted by molar-refractivity contribution is 7.98. The van der Waals surface area contributed by atoms with Crippen LogP contribution in [0, 0.1) is 0 Å². The molecule has 44 heavy (non-hydrogen) atoms. The van der Waals surface area contributed by atoms with E-state index in [1.54, 1.807) is 15.9 Å². The molecule has 2 aliphatic rings. The number of likely N-dealkylation sites (tertiary alicyclic amines) is 1. The Hall–Kier alpha value is -3.73. The molecule has 5 aromatic rings. The van der Waals surface area contributed by atoms with E-state index >= 15 is 0 Å². The van der Waals surface area contributed by atoms with Gasteiger partial charge in [-0.2, -0.15) is 0 Å². The predicted octanol–water partition coefficient (Wildman–Crippen LogP) is 6.06. The van der Waals surface area contributed by atoms with Crippen LogP contribution < -0.4 is 10.9 Å². The van der Waals surface area contributed by atoms with Crippen LogP contribution in [-0.4, -0.2) is 44.5 Å². The van der Waals surface area contributed by atoms with Crippen molar-refractivity contribution in [2.45, 2.75) is 68.6 Å². The van der Waals surface area contributed by atoms with E-state index in [-0.39, 0.29) is 23.2 Å². The van der Waals surface area contributed by atoms with Gasteiger partial charge in [0.1, 0.15) is 11.1 Å². The van der Waals surface area contributed by atoms with E-state index in [9.17, 15) is 9.59 Å². The smallest absolute Gasteiger partial charge is 0.273 e. The van der Waals surface area contributed by atoms with Crippen LogP contribution in [0.4, 0.5) is 0 Å². The fourth-order valence-electron chi connectivity index (χ4n) is 6.18. The van der Waals surface area contributed by atoms with Crippen LogP contribution in [-0.2, 0) is 31.7 Å². The zero-order valence-corrected chi connectivity index (χ0v) is 26.2. The van der Waals surface area contributed by atoms with E-state index < -0.39 is 0 Å². The van der Waals surface area contributed by atoms with E-state index in [1.165, 1.54) is 34.0 Å². The van der Waals surface area contributed by atoms with Crippen molar-refractivity contribution >= 4 is 39.2 Å². The third-order valence-corrected chi connectivity index (χ3v) is 10.7. The van der Waals surface area contributed by atoms with E-state index in [0.29, 0.717) is 23.3 Å². The van der Waals surface area contributed by atoms with Crippen LogP contribution >= 0.6 is 23.1 Å². The second kappa shape index (κ2) is 13.1. The molecule has 1 saturated heterocycles. The summed E-state index contributed by atoms with van der Waals surface area (Å²) in [6.45, 7) is 3.26. The summed E-state index contributed by atoms with van der Waals surface area (Å²) in [5.41, 5.74) is 3.84. The summed E-state index contributed by atoms with van der Waals surface area (Å²) in [5.74, 6) is 0.586. The first-order valence-corrected chi connectivity index (χ1v) is 17.1. The van der Waals surface area contributed by atoms with Gasteiger partial charge in [-0.25, -0.2) is 9.97 Å². The van der Waals surface area contributed by atoms with Gasteiger partial charge in [0.2, 0.25) is 5.89 Å². The second-order valence-electron chi connectivity index (χ2n) is 11.6. The molecule has 1 amide bonds. The lowest BCUT2D eigenvalue weighted by atomic mass is 9.97. The van der Waals surface area contributed by atoms with Crippen molar-refractivity contribution in [2.75, 3.05) is 13.1 Å². The number of hydrogen-bond donors (Lipinski definition) is 1. The van der Waals surface area contributed by atoms with Crippen molar-refractivity contribution in [1.29, 1.82) is 0 Å². The molecule has 1 N–H and O–H groups in total. The van der Waals surface area contributed by atoms with Gasteiger partial charge in [-0.1, -0.05) is 72.4 Å². The SMILES string of the molecule is O=C(NC1CCN(Cc2ccccc2)CC1)c1coc(CSc2nc3sc4c(c3c(=O)n2Cc2ccccc2)CCCC4)n1. The number of piperidine rings is 1. The van der Waals surface area contributed by atoms with Crippen LogP contribution in [0.3, 0.4) is 0 Å². The number of carbonyl (C=O) groups is 1. The first kappa shape index (κ1) is 29.0. The van der Waals surface area contributed by atoms with E-state index in [4.69, 9.17) is 9.40 Å². The lowest BCUT2D eigenvalue weighted by Gasteiger charge is -2.32. The van der Waals surface area contributed by atoms with Crippen LogP contribution in [0.5, 0.6) is 0 Å². The molecule has 0 spiro atoms. The second-order valence-corrected chi connectivity index (χ2v) is 13.6. The van der Waals surface area contributed by atoms with Gasteiger partial charge in [0.25, 0.3) is 11.5 Å². The van der Waals surface area contributed by atoms with E-state index in [0.717, 1.165) is 73.9 Å². The molecule has 2 aromatic carbocycles. The van der Waals surface area contributed by atoms with Crippen molar-refractivity contribution < 1.29 is 9.21 Å². The molecule has 4 heterocycles. The molecule has 1 aliphatic carbocycles. The average Bonchev–Trinajstić information content (AvgIpc) is 3.69. The third kappa shape index (κ3) is 6.38. The Labute approximate surface area is 264 Å². The highest BCUT2D eigenvalue weighted by Crippen LogP contribution is 2.35. The average molecular weight is 626 g/mol. The number of benzene rings is 2. The minimum Gasteiger partial charge on any atom is -0.447 e. The molecule has 0 bridgehead atoms. The van der Waals surface area contributed by atoms with Crippen LogP contribution in [0.2, 0.25) is 0 Å². The number of thioether (sulfide) groups is 1. The molecule has 0 saturated carbocycles. The molecular weight excluding hydrogens is 591 g/mol. The third-order valence-electron chi connectivity index (χ3n) is 8.50. The first-order chi connectivity index (χ1) is 21.6. The van der Waals surface area contributed by atoms with Gasteiger partial charge in [0, 0.05) is 30.6 Å². The summed E-state index contributed by atoms with van der Waals surface area (Å²) >= 11 is 3.08. The number of aromatic nitrogens is 3. The molecule has 1 fully saturated rings. The molecule has 8 nitrogen and oxygen atoms in total. The zero-order chi connectivity index (χ0) is 29.9. The monoisotopic (exact) mass is 625 g/mol. The summed E-state index contributed by atoms with van der Waals surface area (Å²) in [5, 5.41) is 4.56. The van der Waals surface area contributed by atoms with Gasteiger partial charge in [-0.05, 0) is 55.2 Å². The Morgan fingerprint density at radius 3 is 2.41 bits per heavy atom. The summed E-state index contributed by atoms with van der Waals surface area (Å²) in [6.07, 6.45) is 7.46. The van der Waals surface area contributed by atoms with Crippen LogP contribution in [0.15, 0.2) is 81.3 Å². The summed E-state index contributed by atoms with van der Waals surface area (Å²) in [7, 11) is 0. The minimum absolute atomic E-state index is 0.0167. The number of amides is 1. The molecule has 0 radical (unpaired) electrons. The number of fused-ring (bicyclic) bond motifs is 3. The maximum atomic E-state index is 13.9. The Bertz CT molecular complexity index is 1810. The lowest BCUT2D eigenvalue weighted by Crippen LogP contribution is -2.44. The normalized spacial score (nSPS) is 15.8. The predicted molar refractivity (Wildman–Crippen MR) is 174 cm³/mol. The summed E-state index contributed by atoms with van der Waals surface area (Å²) in [4.78, 5) is 41.0. The lowest BCUT2D eigenvalue weighted by molar-refractivity contribution is 0.0904. The van der Waals surface area contributed by atoms with Gasteiger partial charge in [0.15, 0.2) is 10.9 Å². The van der Waals surface area contributed by atoms with Crippen molar-refractivity contribution in [3.63, 3.8) is 0 Å². The topological polar surface area (TPSA) is 93.3 Å². The molecular formula is C34H35N5O3S2. The zero-order valence-electron chi connectivity index (χ0n) is 24.5. The maximum Gasteiger partial charge on any atom is 0.273 e. The number of carbonyl (C=O) groups excluding carboxylic acids is 1. The molecule has 3 aromatic heterocycles. The van der Waals surface area contributed by atoms with E-state index in [1.807, 2.05) is 36.4 Å². The van der Waals surface area contributed by atoms with Gasteiger partial charge >= 0.3 is 0 Å². The van der Waals surface area contributed by atoms with Gasteiger partial charge in [0.05, 0.1) is 17.7 Å². The van der Waals surface area contributed by atoms with Crippen molar-refractivity contribution in [1.82, 2.24) is 24.8 Å². The van der Waals surface area contributed by atoms with Crippen LogP contribution in [0.25, 0.3) is 10.2 Å². The fraction of sp³-hybridized carbons (Fsp3) is 0.353. The molecule has 0 atom stereocenters. The van der Waals surface area contributed by atoms with E-state index in [2.05, 4.69) is 39.5 Å². The van der Waals surface area contributed by atoms with Gasteiger partial charge in [-0.15, -0.1) is 11.3 Å². The number of rotatable bonds is 9. The van der Waals surface area contributed by atoms with Gasteiger partial charge < -0.3 is 9.73 Å². The number of nitrogens with one attached hydrogen (secondary N) is 1. The van der Waals surface area contributed by atoms with Crippen molar-refractivity contribution in [3.8, 4) is 0 Å². The Morgan fingerprint density at radius 1 is 0.955 bits per heavy atom. The largest absolute Gasteiger partial charge is 0.447 e. The molecule has 10 heteroatoms. The van der Waals surface area contributed by atoms with Crippen molar-refractivity contribution in [3.05, 3.63) is 110 Å². The Kier molecular flexibility index (Phi) is 8.63. The van der Waals surface area contributed by atoms with Crippen LogP contribution in [0.1, 0.15) is 63.6 Å². The molecule has 0 unspecified atom stereocenters. The number of aryl methyl sites for hydroxylation is 2. The summed E-state index contributed by atoms with van der Waals surface area (Å²) in [6, 6.07) is 20.6. The summed E-state index contributed by atoms with van der Waals surface area (Å²) < 4.78 is 7.49. The number of hydrogen-bond acceptors (Lipinski definition) is 8. The maximum absolute atomic E-state index is 13.9. The minimum atomic E-state index is -0.212. The quantitative estimate of drug-likeness (QED) is 0.157. The molecule has 1 aliphatic heterocycles. The Morgan fingerprint density at radius 2 is 1.66 bits per heavy atom. The van der Waals surface area contributed by atoms with Crippen molar-refractivity contribution in [2.24, 2.45) is 0 Å².